The summed E-state index contributed by atoms with van der Waals surface area (Å²) >= 11 is 0. The number of aromatic nitrogens is 2. The molecule has 124 valence electrons. The zero-order valence-corrected chi connectivity index (χ0v) is 13.4. The Morgan fingerprint density at radius 2 is 2.12 bits per heavy atom. The maximum Gasteiger partial charge on any atom is 0.260 e. The second-order valence-corrected chi connectivity index (χ2v) is 5.33. The van der Waals surface area contributed by atoms with Crippen LogP contribution in [-0.4, -0.2) is 28.3 Å². The number of furan rings is 1. The van der Waals surface area contributed by atoms with Gasteiger partial charge in [0.05, 0.1) is 24.6 Å². The van der Waals surface area contributed by atoms with Crippen LogP contribution in [-0.2, 0) is 11.3 Å². The van der Waals surface area contributed by atoms with Gasteiger partial charge in [-0.2, -0.15) is 5.10 Å². The molecule has 1 N–H and O–H groups in total. The summed E-state index contributed by atoms with van der Waals surface area (Å²) in [4.78, 5) is 12.0. The molecule has 1 aromatic carbocycles. The van der Waals surface area contributed by atoms with E-state index < -0.39 is 6.10 Å². The smallest absolute Gasteiger partial charge is 0.260 e. The molecule has 0 fully saturated rings. The average molecular weight is 325 g/mol. The number of ether oxygens (including phenoxy) is 1. The topological polar surface area (TPSA) is 69.3 Å². The molecule has 0 aliphatic rings. The Kier molecular flexibility index (Phi) is 4.96. The van der Waals surface area contributed by atoms with Crippen LogP contribution >= 0.6 is 0 Å². The number of nitrogens with zero attached hydrogens (tertiary/aromatic N) is 2. The van der Waals surface area contributed by atoms with Crippen LogP contribution in [0.25, 0.3) is 11.3 Å². The third kappa shape index (κ3) is 4.04. The summed E-state index contributed by atoms with van der Waals surface area (Å²) < 4.78 is 12.7. The first-order valence-electron chi connectivity index (χ1n) is 7.78. The van der Waals surface area contributed by atoms with Gasteiger partial charge in [-0.1, -0.05) is 18.2 Å². The van der Waals surface area contributed by atoms with Crippen LogP contribution in [0.3, 0.4) is 0 Å². The molecule has 0 aliphatic carbocycles. The summed E-state index contributed by atoms with van der Waals surface area (Å²) in [6, 6.07) is 13.0. The van der Waals surface area contributed by atoms with E-state index in [-0.39, 0.29) is 5.91 Å². The Balaban J connectivity index is 1.45. The highest BCUT2D eigenvalue weighted by molar-refractivity contribution is 5.80. The summed E-state index contributed by atoms with van der Waals surface area (Å²) in [7, 11) is 0. The van der Waals surface area contributed by atoms with Crippen molar-refractivity contribution in [3.05, 3.63) is 61.1 Å². The number of rotatable bonds is 7. The molecule has 24 heavy (non-hydrogen) atoms. The number of nitrogens with one attached hydrogen (secondary N) is 1. The molecular formula is C18H19N3O3. The molecule has 0 radical (unpaired) electrons. The molecule has 0 bridgehead atoms. The molecule has 6 heteroatoms. The zero-order valence-electron chi connectivity index (χ0n) is 13.4. The predicted octanol–water partition coefficient (Wildman–Crippen LogP) is 2.73. The Bertz CT molecular complexity index is 766. The van der Waals surface area contributed by atoms with Crippen LogP contribution in [0.2, 0.25) is 0 Å². The standard InChI is InChI=1S/C18H19N3O3/c1-14(24-16-6-3-2-4-7-16)18(22)19-9-10-21-13-15(12-20-21)17-8-5-11-23-17/h2-8,11-14H,9-10H2,1H3,(H,19,22)/t14-/m0/s1. The van der Waals surface area contributed by atoms with Crippen LogP contribution in [0.15, 0.2) is 65.5 Å². The fourth-order valence-electron chi connectivity index (χ4n) is 2.25. The van der Waals surface area contributed by atoms with Gasteiger partial charge in [0.15, 0.2) is 6.10 Å². The summed E-state index contributed by atoms with van der Waals surface area (Å²) in [5.41, 5.74) is 0.909. The van der Waals surface area contributed by atoms with Crippen LogP contribution in [0, 0.1) is 0 Å². The average Bonchev–Trinajstić information content (AvgIpc) is 3.27. The molecular weight excluding hydrogens is 306 g/mol. The minimum Gasteiger partial charge on any atom is -0.481 e. The predicted molar refractivity (Wildman–Crippen MR) is 89.5 cm³/mol. The maximum absolute atomic E-state index is 12.0. The molecule has 0 spiro atoms. The van der Waals surface area contributed by atoms with E-state index in [4.69, 9.17) is 9.15 Å². The minimum absolute atomic E-state index is 0.155. The van der Waals surface area contributed by atoms with Crippen LogP contribution in [0.1, 0.15) is 6.92 Å². The normalized spacial score (nSPS) is 11.9. The van der Waals surface area contributed by atoms with Gasteiger partial charge in [0.2, 0.25) is 0 Å². The third-order valence-electron chi connectivity index (χ3n) is 3.50. The summed E-state index contributed by atoms with van der Waals surface area (Å²) in [5, 5.41) is 7.10. The Morgan fingerprint density at radius 1 is 1.29 bits per heavy atom. The number of benzene rings is 1. The SMILES string of the molecule is C[C@H](Oc1ccccc1)C(=O)NCCn1cc(-c2ccco2)cn1. The lowest BCUT2D eigenvalue weighted by atomic mass is 10.3. The summed E-state index contributed by atoms with van der Waals surface area (Å²) in [6.45, 7) is 2.77. The third-order valence-corrected chi connectivity index (χ3v) is 3.50. The summed E-state index contributed by atoms with van der Waals surface area (Å²) in [5.74, 6) is 1.29. The fraction of sp³-hybridized carbons (Fsp3) is 0.222. The molecule has 3 rings (SSSR count). The van der Waals surface area contributed by atoms with E-state index in [1.165, 1.54) is 0 Å². The summed E-state index contributed by atoms with van der Waals surface area (Å²) in [6.07, 6.45) is 4.70. The molecule has 2 aromatic heterocycles. The van der Waals surface area contributed by atoms with Crippen molar-refractivity contribution in [1.29, 1.82) is 0 Å². The molecule has 0 saturated heterocycles. The molecule has 6 nitrogen and oxygen atoms in total. The highest BCUT2D eigenvalue weighted by Crippen LogP contribution is 2.18. The number of amides is 1. The lowest BCUT2D eigenvalue weighted by molar-refractivity contribution is -0.127. The molecule has 3 aromatic rings. The van der Waals surface area contributed by atoms with Crippen LogP contribution in [0.5, 0.6) is 5.75 Å². The van der Waals surface area contributed by atoms with E-state index in [1.54, 1.807) is 24.1 Å². The van der Waals surface area contributed by atoms with Crippen molar-refractivity contribution in [3.8, 4) is 17.1 Å². The number of hydrogen-bond acceptors (Lipinski definition) is 4. The van der Waals surface area contributed by atoms with E-state index in [0.29, 0.717) is 18.8 Å². The van der Waals surface area contributed by atoms with Gasteiger partial charge in [-0.15, -0.1) is 0 Å². The second kappa shape index (κ2) is 7.50. The van der Waals surface area contributed by atoms with Gasteiger partial charge in [-0.3, -0.25) is 9.48 Å². The number of carbonyl (C=O) groups is 1. The van der Waals surface area contributed by atoms with Crippen molar-refractivity contribution in [2.24, 2.45) is 0 Å². The molecule has 0 aliphatic heterocycles. The largest absolute Gasteiger partial charge is 0.481 e. The Hall–Kier alpha value is -3.02. The molecule has 1 amide bonds. The second-order valence-electron chi connectivity index (χ2n) is 5.33. The van der Waals surface area contributed by atoms with Crippen molar-refractivity contribution in [3.63, 3.8) is 0 Å². The molecule has 2 heterocycles. The number of carbonyl (C=O) groups excluding carboxylic acids is 1. The molecule has 0 unspecified atom stereocenters. The van der Waals surface area contributed by atoms with Gasteiger partial charge in [-0.25, -0.2) is 0 Å². The van der Waals surface area contributed by atoms with Gasteiger partial charge in [0, 0.05) is 12.7 Å². The van der Waals surface area contributed by atoms with Crippen molar-refractivity contribution in [2.75, 3.05) is 6.54 Å². The first-order chi connectivity index (χ1) is 11.7. The zero-order chi connectivity index (χ0) is 16.8. The lowest BCUT2D eigenvalue weighted by Gasteiger charge is -2.14. The highest BCUT2D eigenvalue weighted by atomic mass is 16.5. The Labute approximate surface area is 140 Å². The van der Waals surface area contributed by atoms with E-state index in [0.717, 1.165) is 11.3 Å². The van der Waals surface area contributed by atoms with E-state index in [9.17, 15) is 4.79 Å². The van der Waals surface area contributed by atoms with Gasteiger partial charge in [0.25, 0.3) is 5.91 Å². The van der Waals surface area contributed by atoms with E-state index in [1.807, 2.05) is 48.7 Å². The Morgan fingerprint density at radius 3 is 2.88 bits per heavy atom. The van der Waals surface area contributed by atoms with Crippen LogP contribution in [0.4, 0.5) is 0 Å². The minimum atomic E-state index is -0.552. The van der Waals surface area contributed by atoms with Gasteiger partial charge < -0.3 is 14.5 Å². The van der Waals surface area contributed by atoms with Crippen molar-refractivity contribution >= 4 is 5.91 Å². The maximum atomic E-state index is 12.0. The van der Waals surface area contributed by atoms with E-state index >= 15 is 0 Å². The van der Waals surface area contributed by atoms with E-state index in [2.05, 4.69) is 10.4 Å². The van der Waals surface area contributed by atoms with Gasteiger partial charge in [-0.05, 0) is 31.2 Å². The monoisotopic (exact) mass is 325 g/mol. The highest BCUT2D eigenvalue weighted by Gasteiger charge is 2.14. The number of hydrogen-bond donors (Lipinski definition) is 1. The van der Waals surface area contributed by atoms with Crippen molar-refractivity contribution < 1.29 is 13.9 Å². The van der Waals surface area contributed by atoms with Gasteiger partial charge in [0.1, 0.15) is 11.5 Å². The molecule has 0 saturated carbocycles. The van der Waals surface area contributed by atoms with Crippen molar-refractivity contribution in [2.45, 2.75) is 19.6 Å². The fourth-order valence-corrected chi connectivity index (χ4v) is 2.25. The lowest BCUT2D eigenvalue weighted by Crippen LogP contribution is -2.37. The number of para-hydroxylation sites is 1. The first-order valence-corrected chi connectivity index (χ1v) is 7.78. The first kappa shape index (κ1) is 15.9. The quantitative estimate of drug-likeness (QED) is 0.725. The van der Waals surface area contributed by atoms with Gasteiger partial charge >= 0.3 is 0 Å². The molecule has 1 atom stereocenters. The van der Waals surface area contributed by atoms with Crippen LogP contribution < -0.4 is 10.1 Å². The van der Waals surface area contributed by atoms with Crippen molar-refractivity contribution in [1.82, 2.24) is 15.1 Å².